The second-order valence-electron chi connectivity index (χ2n) is 5.35. The quantitative estimate of drug-likeness (QED) is 0.863. The number of H-pyrrole nitrogens is 1. The van der Waals surface area contributed by atoms with E-state index in [-0.39, 0.29) is 0 Å². The molecular weight excluding hydrogens is 210 g/mol. The fourth-order valence-corrected chi connectivity index (χ4v) is 2.96. The van der Waals surface area contributed by atoms with Crippen molar-refractivity contribution in [2.75, 3.05) is 13.1 Å². The zero-order chi connectivity index (χ0) is 11.8. The SMILES string of the molecule is C/C=C\c1nc(CN2CC3CC3C2)[nH]c1CC. The summed E-state index contributed by atoms with van der Waals surface area (Å²) >= 11 is 0. The van der Waals surface area contributed by atoms with E-state index in [1.54, 1.807) is 0 Å². The Labute approximate surface area is 103 Å². The maximum Gasteiger partial charge on any atom is 0.121 e. The van der Waals surface area contributed by atoms with Gasteiger partial charge in [-0.25, -0.2) is 4.98 Å². The van der Waals surface area contributed by atoms with Crippen LogP contribution in [0.3, 0.4) is 0 Å². The van der Waals surface area contributed by atoms with Crippen molar-refractivity contribution < 1.29 is 0 Å². The van der Waals surface area contributed by atoms with Crippen LogP contribution in [0.5, 0.6) is 0 Å². The second kappa shape index (κ2) is 4.30. The number of piperidine rings is 1. The summed E-state index contributed by atoms with van der Waals surface area (Å²) in [7, 11) is 0. The first kappa shape index (κ1) is 11.0. The van der Waals surface area contributed by atoms with Gasteiger partial charge in [0.2, 0.25) is 0 Å². The minimum absolute atomic E-state index is 0.998. The van der Waals surface area contributed by atoms with Crippen LogP contribution in [0.4, 0.5) is 0 Å². The minimum atomic E-state index is 0.998. The number of imidazole rings is 1. The third-order valence-electron chi connectivity index (χ3n) is 3.97. The van der Waals surface area contributed by atoms with E-state index in [1.807, 2.05) is 6.92 Å². The molecule has 1 aromatic heterocycles. The molecule has 0 radical (unpaired) electrons. The molecule has 3 heteroatoms. The van der Waals surface area contributed by atoms with Crippen LogP contribution in [-0.2, 0) is 13.0 Å². The Balaban J connectivity index is 1.69. The highest BCUT2D eigenvalue weighted by Crippen LogP contribution is 2.45. The fraction of sp³-hybridized carbons (Fsp3) is 0.643. The predicted molar refractivity (Wildman–Crippen MR) is 69.5 cm³/mol. The van der Waals surface area contributed by atoms with Gasteiger partial charge in [0.15, 0.2) is 0 Å². The van der Waals surface area contributed by atoms with Crippen LogP contribution in [0.2, 0.25) is 0 Å². The first-order chi connectivity index (χ1) is 8.30. The molecule has 1 aliphatic carbocycles. The van der Waals surface area contributed by atoms with Gasteiger partial charge in [0.25, 0.3) is 0 Å². The highest BCUT2D eigenvalue weighted by Gasteiger charge is 2.44. The van der Waals surface area contributed by atoms with E-state index >= 15 is 0 Å². The lowest BCUT2D eigenvalue weighted by Gasteiger charge is -2.15. The van der Waals surface area contributed by atoms with E-state index in [2.05, 4.69) is 29.0 Å². The highest BCUT2D eigenvalue weighted by atomic mass is 15.2. The largest absolute Gasteiger partial charge is 0.344 e. The van der Waals surface area contributed by atoms with Gasteiger partial charge in [0, 0.05) is 18.8 Å². The van der Waals surface area contributed by atoms with Crippen LogP contribution >= 0.6 is 0 Å². The van der Waals surface area contributed by atoms with Gasteiger partial charge >= 0.3 is 0 Å². The van der Waals surface area contributed by atoms with Crippen LogP contribution in [0.25, 0.3) is 6.08 Å². The molecule has 1 N–H and O–H groups in total. The molecular formula is C14H21N3. The number of nitrogens with zero attached hydrogens (tertiary/aromatic N) is 2. The zero-order valence-corrected chi connectivity index (χ0v) is 10.7. The number of allylic oxidation sites excluding steroid dienone is 1. The summed E-state index contributed by atoms with van der Waals surface area (Å²) in [5.41, 5.74) is 2.39. The summed E-state index contributed by atoms with van der Waals surface area (Å²) in [6.45, 7) is 7.78. The van der Waals surface area contributed by atoms with Crippen molar-refractivity contribution in [1.29, 1.82) is 0 Å². The number of aromatic nitrogens is 2. The van der Waals surface area contributed by atoms with Crippen LogP contribution in [0.1, 0.15) is 37.5 Å². The number of aryl methyl sites for hydroxylation is 1. The number of rotatable bonds is 4. The predicted octanol–water partition coefficient (Wildman–Crippen LogP) is 2.46. The molecule has 2 atom stereocenters. The van der Waals surface area contributed by atoms with Gasteiger partial charge in [-0.05, 0) is 37.7 Å². The molecule has 3 nitrogen and oxygen atoms in total. The Hall–Kier alpha value is -1.09. The molecule has 3 rings (SSSR count). The Bertz CT molecular complexity index is 423. The van der Waals surface area contributed by atoms with Crippen molar-refractivity contribution in [3.8, 4) is 0 Å². The number of hydrogen-bond acceptors (Lipinski definition) is 2. The molecule has 17 heavy (non-hydrogen) atoms. The monoisotopic (exact) mass is 231 g/mol. The first-order valence-corrected chi connectivity index (χ1v) is 6.73. The molecule has 0 bridgehead atoms. The summed E-state index contributed by atoms with van der Waals surface area (Å²) in [5.74, 6) is 3.15. The first-order valence-electron chi connectivity index (χ1n) is 6.73. The van der Waals surface area contributed by atoms with Crippen molar-refractivity contribution in [2.24, 2.45) is 11.8 Å². The summed E-state index contributed by atoms with van der Waals surface area (Å²) in [5, 5.41) is 0. The normalized spacial score (nSPS) is 27.9. The lowest BCUT2D eigenvalue weighted by Crippen LogP contribution is -2.22. The van der Waals surface area contributed by atoms with Gasteiger partial charge in [0.1, 0.15) is 5.82 Å². The maximum absolute atomic E-state index is 4.69. The Morgan fingerprint density at radius 1 is 1.41 bits per heavy atom. The van der Waals surface area contributed by atoms with Crippen molar-refractivity contribution in [3.63, 3.8) is 0 Å². The average molecular weight is 231 g/mol. The molecule has 1 saturated heterocycles. The topological polar surface area (TPSA) is 31.9 Å². The molecule has 1 aromatic rings. The smallest absolute Gasteiger partial charge is 0.121 e. The third kappa shape index (κ3) is 2.16. The third-order valence-corrected chi connectivity index (χ3v) is 3.97. The van der Waals surface area contributed by atoms with Gasteiger partial charge < -0.3 is 4.98 Å². The fourth-order valence-electron chi connectivity index (χ4n) is 2.96. The molecule has 1 saturated carbocycles. The molecule has 0 aromatic carbocycles. The van der Waals surface area contributed by atoms with Gasteiger partial charge in [-0.1, -0.05) is 13.0 Å². The minimum Gasteiger partial charge on any atom is -0.344 e. The van der Waals surface area contributed by atoms with Gasteiger partial charge in [0.05, 0.1) is 12.2 Å². The Morgan fingerprint density at radius 3 is 2.82 bits per heavy atom. The van der Waals surface area contributed by atoms with Gasteiger partial charge in [-0.3, -0.25) is 4.90 Å². The molecule has 0 spiro atoms. The maximum atomic E-state index is 4.69. The summed E-state index contributed by atoms with van der Waals surface area (Å²) in [4.78, 5) is 10.7. The van der Waals surface area contributed by atoms with Crippen LogP contribution in [0, 0.1) is 11.8 Å². The summed E-state index contributed by atoms with van der Waals surface area (Å²) in [6.07, 6.45) is 6.65. The average Bonchev–Trinajstić information content (AvgIpc) is 2.76. The van der Waals surface area contributed by atoms with E-state index in [0.717, 1.165) is 36.3 Å². The second-order valence-corrected chi connectivity index (χ2v) is 5.35. The summed E-state index contributed by atoms with van der Waals surface area (Å²) in [6, 6.07) is 0. The number of aromatic amines is 1. The molecule has 1 aliphatic heterocycles. The molecule has 2 heterocycles. The molecule has 2 unspecified atom stereocenters. The number of nitrogens with one attached hydrogen (secondary N) is 1. The van der Waals surface area contributed by atoms with Gasteiger partial charge in [-0.2, -0.15) is 0 Å². The van der Waals surface area contributed by atoms with Crippen LogP contribution in [0.15, 0.2) is 6.08 Å². The molecule has 2 fully saturated rings. The number of fused-ring (bicyclic) bond motifs is 1. The van der Waals surface area contributed by atoms with E-state index in [4.69, 9.17) is 4.98 Å². The van der Waals surface area contributed by atoms with E-state index < -0.39 is 0 Å². The highest BCUT2D eigenvalue weighted by molar-refractivity contribution is 5.47. The Morgan fingerprint density at radius 2 is 2.18 bits per heavy atom. The van der Waals surface area contributed by atoms with Crippen molar-refractivity contribution in [1.82, 2.24) is 14.9 Å². The molecule has 2 aliphatic rings. The van der Waals surface area contributed by atoms with Crippen LogP contribution < -0.4 is 0 Å². The lowest BCUT2D eigenvalue weighted by atomic mass is 10.2. The zero-order valence-electron chi connectivity index (χ0n) is 10.7. The van der Waals surface area contributed by atoms with Crippen LogP contribution in [-0.4, -0.2) is 28.0 Å². The molecule has 92 valence electrons. The van der Waals surface area contributed by atoms with Crippen molar-refractivity contribution >= 4 is 6.08 Å². The molecule has 0 amide bonds. The summed E-state index contributed by atoms with van der Waals surface area (Å²) < 4.78 is 0. The lowest BCUT2D eigenvalue weighted by molar-refractivity contribution is 0.290. The Kier molecular flexibility index (Phi) is 2.79. The van der Waals surface area contributed by atoms with Crippen molar-refractivity contribution in [3.05, 3.63) is 23.3 Å². The van der Waals surface area contributed by atoms with E-state index in [9.17, 15) is 0 Å². The van der Waals surface area contributed by atoms with E-state index in [1.165, 1.54) is 25.2 Å². The number of hydrogen-bond donors (Lipinski definition) is 1. The van der Waals surface area contributed by atoms with Gasteiger partial charge in [-0.15, -0.1) is 0 Å². The number of likely N-dealkylation sites (tertiary alicyclic amines) is 1. The van der Waals surface area contributed by atoms with E-state index in [0.29, 0.717) is 0 Å². The standard InChI is InChI=1S/C14H21N3/c1-3-5-13-12(4-2)15-14(16-13)9-17-7-10-6-11(10)8-17/h3,5,10-11H,4,6-9H2,1-2H3,(H,15,16)/b5-3-. The van der Waals surface area contributed by atoms with Crippen molar-refractivity contribution in [2.45, 2.75) is 33.2 Å².